The predicted molar refractivity (Wildman–Crippen MR) is 128 cm³/mol. The van der Waals surface area contributed by atoms with Crippen LogP contribution in [0.25, 0.3) is 20.7 Å². The van der Waals surface area contributed by atoms with E-state index in [1.807, 2.05) is 29.6 Å². The number of carbonyl (C=O) groups excluding carboxylic acids is 1. The minimum Gasteiger partial charge on any atom is -0.497 e. The van der Waals surface area contributed by atoms with Crippen LogP contribution in [0.1, 0.15) is 26.5 Å². The summed E-state index contributed by atoms with van der Waals surface area (Å²) >= 11 is 2.92. The number of fused-ring (bicyclic) bond motifs is 2. The van der Waals surface area contributed by atoms with Gasteiger partial charge in [0.1, 0.15) is 21.2 Å². The van der Waals surface area contributed by atoms with E-state index >= 15 is 0 Å². The topological polar surface area (TPSA) is 104 Å². The van der Waals surface area contributed by atoms with Crippen LogP contribution in [-0.4, -0.2) is 30.0 Å². The molecule has 4 N–H and O–H groups in total. The second-order valence-electron chi connectivity index (χ2n) is 7.64. The van der Waals surface area contributed by atoms with Gasteiger partial charge in [-0.3, -0.25) is 9.69 Å². The molecule has 1 aliphatic rings. The van der Waals surface area contributed by atoms with Crippen molar-refractivity contribution in [2.24, 2.45) is 5.73 Å². The minimum absolute atomic E-state index is 0.370. The zero-order valence-corrected chi connectivity index (χ0v) is 19.3. The van der Waals surface area contributed by atoms with Gasteiger partial charge in [0.15, 0.2) is 0 Å². The molecule has 0 fully saturated rings. The van der Waals surface area contributed by atoms with Gasteiger partial charge in [0.05, 0.1) is 25.6 Å². The van der Waals surface area contributed by atoms with Crippen molar-refractivity contribution in [2.45, 2.75) is 19.6 Å². The number of rotatable bonds is 6. The van der Waals surface area contributed by atoms with Crippen molar-refractivity contribution in [3.63, 3.8) is 0 Å². The van der Waals surface area contributed by atoms with E-state index in [1.54, 1.807) is 25.6 Å². The van der Waals surface area contributed by atoms with Gasteiger partial charge in [0, 0.05) is 41.5 Å². The number of amides is 1. The minimum atomic E-state index is -0.517. The van der Waals surface area contributed by atoms with Crippen molar-refractivity contribution in [2.75, 3.05) is 20.0 Å². The number of pyridine rings is 1. The molecule has 0 saturated carbocycles. The Hall–Kier alpha value is -3.14. The van der Waals surface area contributed by atoms with Gasteiger partial charge in [0.2, 0.25) is 0 Å². The smallest absolute Gasteiger partial charge is 0.260 e. The zero-order chi connectivity index (χ0) is 22.4. The van der Waals surface area contributed by atoms with Gasteiger partial charge in [-0.1, -0.05) is 6.07 Å². The average Bonchev–Trinajstić information content (AvgIpc) is 3.51. The van der Waals surface area contributed by atoms with Crippen LogP contribution < -0.4 is 20.9 Å². The summed E-state index contributed by atoms with van der Waals surface area (Å²) in [6, 6.07) is 10.0. The predicted octanol–water partition coefficient (Wildman–Crippen LogP) is 4.24. The van der Waals surface area contributed by atoms with Crippen LogP contribution in [0.3, 0.4) is 0 Å². The van der Waals surface area contributed by atoms with Gasteiger partial charge in [-0.25, -0.2) is 4.98 Å². The third-order valence-corrected chi connectivity index (χ3v) is 7.63. The molecule has 0 unspecified atom stereocenters. The molecule has 4 heterocycles. The highest BCUT2D eigenvalue weighted by atomic mass is 32.1. The van der Waals surface area contributed by atoms with E-state index in [-0.39, 0.29) is 0 Å². The number of nitrogens with two attached hydrogens (primary N) is 2. The van der Waals surface area contributed by atoms with Crippen molar-refractivity contribution in [1.82, 2.24) is 9.88 Å². The van der Waals surface area contributed by atoms with E-state index in [2.05, 4.69) is 11.0 Å². The Balaban J connectivity index is 1.57. The van der Waals surface area contributed by atoms with Crippen LogP contribution in [0, 0.1) is 0 Å². The number of hydrogen-bond acceptors (Lipinski definition) is 8. The van der Waals surface area contributed by atoms with Gasteiger partial charge >= 0.3 is 0 Å². The molecule has 0 saturated heterocycles. The number of anilines is 1. The molecule has 1 amide bonds. The van der Waals surface area contributed by atoms with Crippen LogP contribution >= 0.6 is 22.7 Å². The average molecular weight is 467 g/mol. The maximum absolute atomic E-state index is 11.9. The lowest BCUT2D eigenvalue weighted by Gasteiger charge is -2.16. The first kappa shape index (κ1) is 20.7. The Bertz CT molecular complexity index is 1310. The third kappa shape index (κ3) is 3.48. The van der Waals surface area contributed by atoms with Crippen molar-refractivity contribution in [3.05, 3.63) is 57.4 Å². The lowest BCUT2D eigenvalue weighted by atomic mass is 10.0. The van der Waals surface area contributed by atoms with E-state index < -0.39 is 5.91 Å². The molecule has 0 radical (unpaired) electrons. The molecule has 4 aromatic rings. The molecular formula is C23H22N4O3S2. The number of thiophene rings is 2. The molecule has 1 aliphatic heterocycles. The SMILES string of the molecule is COc1cc(CN2Cc3nc4sc(C(N)=O)c(N)c4c(-c4cccs4)c3C2)cc(OC)c1. The summed E-state index contributed by atoms with van der Waals surface area (Å²) in [7, 11) is 3.30. The number of benzene rings is 1. The molecule has 0 atom stereocenters. The summed E-state index contributed by atoms with van der Waals surface area (Å²) in [5.41, 5.74) is 16.7. The maximum Gasteiger partial charge on any atom is 0.260 e. The number of nitrogens with zero attached hydrogens (tertiary/aromatic N) is 2. The lowest BCUT2D eigenvalue weighted by molar-refractivity contribution is 0.100. The maximum atomic E-state index is 11.9. The molecule has 0 aliphatic carbocycles. The molecule has 7 nitrogen and oxygen atoms in total. The van der Waals surface area contributed by atoms with E-state index in [9.17, 15) is 4.79 Å². The summed E-state index contributed by atoms with van der Waals surface area (Å²) < 4.78 is 10.8. The van der Waals surface area contributed by atoms with Crippen LogP contribution in [0.2, 0.25) is 0 Å². The van der Waals surface area contributed by atoms with Crippen LogP contribution in [-0.2, 0) is 19.6 Å². The largest absolute Gasteiger partial charge is 0.497 e. The summed E-state index contributed by atoms with van der Waals surface area (Å²) in [4.78, 5) is 21.4. The number of hydrogen-bond donors (Lipinski definition) is 2. The molecule has 0 bridgehead atoms. The lowest BCUT2D eigenvalue weighted by Crippen LogP contribution is -2.16. The fraction of sp³-hybridized carbons (Fsp3) is 0.217. The van der Waals surface area contributed by atoms with Gasteiger partial charge < -0.3 is 20.9 Å². The second-order valence-corrected chi connectivity index (χ2v) is 9.59. The van der Waals surface area contributed by atoms with E-state index in [0.717, 1.165) is 62.1 Å². The molecule has 164 valence electrons. The Kier molecular flexibility index (Phi) is 5.24. The summed E-state index contributed by atoms with van der Waals surface area (Å²) in [6.07, 6.45) is 0. The number of nitrogen functional groups attached to an aromatic ring is 1. The molecule has 5 rings (SSSR count). The summed E-state index contributed by atoms with van der Waals surface area (Å²) in [6.45, 7) is 2.16. The normalized spacial score (nSPS) is 13.4. The Morgan fingerprint density at radius 1 is 1.19 bits per heavy atom. The van der Waals surface area contributed by atoms with Crippen molar-refractivity contribution < 1.29 is 14.3 Å². The number of aromatic nitrogens is 1. The highest BCUT2D eigenvalue weighted by molar-refractivity contribution is 7.21. The van der Waals surface area contributed by atoms with Crippen molar-refractivity contribution in [3.8, 4) is 21.9 Å². The number of ether oxygens (including phenoxy) is 2. The molecule has 3 aromatic heterocycles. The van der Waals surface area contributed by atoms with E-state index in [4.69, 9.17) is 25.9 Å². The van der Waals surface area contributed by atoms with Crippen molar-refractivity contribution in [1.29, 1.82) is 0 Å². The third-order valence-electron chi connectivity index (χ3n) is 5.63. The first-order chi connectivity index (χ1) is 15.5. The van der Waals surface area contributed by atoms with Crippen LogP contribution in [0.5, 0.6) is 11.5 Å². The monoisotopic (exact) mass is 466 g/mol. The zero-order valence-electron chi connectivity index (χ0n) is 17.7. The highest BCUT2D eigenvalue weighted by Crippen LogP contribution is 2.45. The van der Waals surface area contributed by atoms with Gasteiger partial charge in [-0.2, -0.15) is 0 Å². The standard InChI is InChI=1S/C23H22N4O3S2/c1-29-13-6-12(7-14(8-13)30-2)9-27-10-15-16(11-27)26-23-19(18(15)17-4-3-5-31-17)20(24)21(32-23)22(25)28/h3-8H,9-11,24H2,1-2H3,(H2,25,28). The van der Waals surface area contributed by atoms with Crippen LogP contribution in [0.15, 0.2) is 35.7 Å². The Morgan fingerprint density at radius 2 is 1.94 bits per heavy atom. The fourth-order valence-electron chi connectivity index (χ4n) is 4.23. The second kappa shape index (κ2) is 8.09. The summed E-state index contributed by atoms with van der Waals surface area (Å²) in [5.74, 6) is 1.01. The number of primary amides is 1. The molecular weight excluding hydrogens is 444 g/mol. The number of methoxy groups -OCH3 is 2. The quantitative estimate of drug-likeness (QED) is 0.441. The van der Waals surface area contributed by atoms with E-state index in [1.165, 1.54) is 11.3 Å². The number of carbonyl (C=O) groups is 1. The Labute approximate surface area is 193 Å². The Morgan fingerprint density at radius 3 is 2.56 bits per heavy atom. The molecule has 1 aromatic carbocycles. The van der Waals surface area contributed by atoms with Gasteiger partial charge in [0.25, 0.3) is 5.91 Å². The van der Waals surface area contributed by atoms with Gasteiger partial charge in [-0.05, 0) is 34.7 Å². The molecule has 32 heavy (non-hydrogen) atoms. The first-order valence-electron chi connectivity index (χ1n) is 10.00. The van der Waals surface area contributed by atoms with Crippen molar-refractivity contribution >= 4 is 44.5 Å². The van der Waals surface area contributed by atoms with Crippen LogP contribution in [0.4, 0.5) is 5.69 Å². The highest BCUT2D eigenvalue weighted by Gasteiger charge is 2.29. The molecule has 9 heteroatoms. The summed E-state index contributed by atoms with van der Waals surface area (Å²) in [5, 5.41) is 2.87. The fourth-order valence-corrected chi connectivity index (χ4v) is 6.01. The van der Waals surface area contributed by atoms with E-state index in [0.29, 0.717) is 17.1 Å². The van der Waals surface area contributed by atoms with Gasteiger partial charge in [-0.15, -0.1) is 22.7 Å². The first-order valence-corrected chi connectivity index (χ1v) is 11.7. The molecule has 0 spiro atoms.